The second-order valence-electron chi connectivity index (χ2n) is 4.84. The van der Waals surface area contributed by atoms with E-state index in [4.69, 9.17) is 0 Å². The number of carbonyl (C=O) groups is 1. The fraction of sp³-hybridized carbons (Fsp3) is 0.0667. The number of aliphatic imine (C=N–C) groups is 1. The number of hydrogen-bond donors (Lipinski definition) is 1. The number of benzene rings is 2. The molecule has 2 aromatic carbocycles. The Labute approximate surface area is 134 Å². The van der Waals surface area contributed by atoms with Gasteiger partial charge in [0.05, 0.1) is 16.3 Å². The van der Waals surface area contributed by atoms with Crippen LogP contribution in [0.5, 0.6) is 0 Å². The van der Waals surface area contributed by atoms with Crippen LogP contribution in [0.4, 0.5) is 17.1 Å². The molecule has 1 aliphatic heterocycles. The van der Waals surface area contributed by atoms with Crippen LogP contribution in [0.25, 0.3) is 0 Å². The van der Waals surface area contributed by atoms with E-state index in [-0.39, 0.29) is 17.3 Å². The molecule has 0 bridgehead atoms. The van der Waals surface area contributed by atoms with Crippen LogP contribution in [0, 0.1) is 17.0 Å². The number of amides is 1. The van der Waals surface area contributed by atoms with Gasteiger partial charge in [-0.05, 0) is 30.7 Å². The highest BCUT2D eigenvalue weighted by Crippen LogP contribution is 2.30. The molecule has 110 valence electrons. The maximum atomic E-state index is 12.0. The minimum atomic E-state index is -0.497. The normalized spacial score (nSPS) is 14.8. The lowest BCUT2D eigenvalue weighted by Crippen LogP contribution is -2.13. The lowest BCUT2D eigenvalue weighted by atomic mass is 10.1. The Hall–Kier alpha value is -2.54. The van der Waals surface area contributed by atoms with Gasteiger partial charge in [0.2, 0.25) is 0 Å². The number of carbonyl (C=O) groups excluding carboxylic acids is 1. The molecule has 6 nitrogen and oxygen atoms in total. The zero-order valence-electron chi connectivity index (χ0n) is 11.5. The summed E-state index contributed by atoms with van der Waals surface area (Å²) in [7, 11) is 0. The van der Waals surface area contributed by atoms with Crippen LogP contribution < -0.4 is 5.32 Å². The average Bonchev–Trinajstić information content (AvgIpc) is 2.78. The smallest absolute Gasteiger partial charge is 0.275 e. The predicted molar refractivity (Wildman–Crippen MR) is 86.8 cm³/mol. The van der Waals surface area contributed by atoms with Crippen molar-refractivity contribution in [2.75, 3.05) is 5.32 Å². The second kappa shape index (κ2) is 5.34. The number of nitrogens with one attached hydrogen (secondary N) is 1. The van der Waals surface area contributed by atoms with Gasteiger partial charge in [-0.15, -0.1) is 0 Å². The number of nitro benzene ring substituents is 1. The molecule has 0 aromatic heterocycles. The number of anilines is 1. The highest BCUT2D eigenvalue weighted by Gasteiger charge is 2.28. The van der Waals surface area contributed by atoms with E-state index in [1.807, 2.05) is 13.0 Å². The lowest BCUT2D eigenvalue weighted by Gasteiger charge is -2.01. The number of aryl methyl sites for hydroxylation is 1. The molecule has 0 atom stereocenters. The monoisotopic (exact) mass is 359 g/mol. The van der Waals surface area contributed by atoms with E-state index in [2.05, 4.69) is 26.2 Å². The van der Waals surface area contributed by atoms with Crippen molar-refractivity contribution in [2.24, 2.45) is 4.99 Å². The quantitative estimate of drug-likeness (QED) is 0.654. The summed E-state index contributed by atoms with van der Waals surface area (Å²) in [6.45, 7) is 1.95. The predicted octanol–water partition coefficient (Wildman–Crippen LogP) is 3.74. The molecule has 3 rings (SSSR count). The molecule has 1 heterocycles. The minimum Gasteiger partial charge on any atom is -0.320 e. The first-order valence-electron chi connectivity index (χ1n) is 6.41. The second-order valence-corrected chi connectivity index (χ2v) is 5.69. The summed E-state index contributed by atoms with van der Waals surface area (Å²) in [4.78, 5) is 26.8. The molecule has 1 amide bonds. The zero-order chi connectivity index (χ0) is 15.9. The molecule has 0 saturated heterocycles. The number of rotatable bonds is 2. The van der Waals surface area contributed by atoms with Gasteiger partial charge in [-0.25, -0.2) is 4.99 Å². The molecule has 0 aliphatic carbocycles. The third kappa shape index (κ3) is 2.50. The van der Waals surface area contributed by atoms with Crippen molar-refractivity contribution in [3.05, 3.63) is 62.1 Å². The molecule has 1 aliphatic rings. The largest absolute Gasteiger partial charge is 0.320 e. The van der Waals surface area contributed by atoms with Gasteiger partial charge in [0.15, 0.2) is 0 Å². The molecule has 0 spiro atoms. The third-order valence-corrected chi connectivity index (χ3v) is 4.18. The molecule has 22 heavy (non-hydrogen) atoms. The topological polar surface area (TPSA) is 84.6 Å². The van der Waals surface area contributed by atoms with Gasteiger partial charge in [0.1, 0.15) is 5.71 Å². The maximum Gasteiger partial charge on any atom is 0.275 e. The van der Waals surface area contributed by atoms with Crippen LogP contribution >= 0.6 is 15.9 Å². The molecular weight excluding hydrogens is 350 g/mol. The van der Waals surface area contributed by atoms with Crippen LogP contribution in [0.2, 0.25) is 0 Å². The third-order valence-electron chi connectivity index (χ3n) is 3.33. The van der Waals surface area contributed by atoms with E-state index in [0.29, 0.717) is 16.9 Å². The van der Waals surface area contributed by atoms with Gasteiger partial charge >= 0.3 is 0 Å². The van der Waals surface area contributed by atoms with Crippen molar-refractivity contribution in [3.8, 4) is 0 Å². The number of nitro groups is 1. The first-order valence-corrected chi connectivity index (χ1v) is 7.20. The van der Waals surface area contributed by atoms with Gasteiger partial charge in [-0.3, -0.25) is 14.9 Å². The van der Waals surface area contributed by atoms with Crippen molar-refractivity contribution in [1.29, 1.82) is 0 Å². The van der Waals surface area contributed by atoms with E-state index in [1.165, 1.54) is 18.2 Å². The van der Waals surface area contributed by atoms with E-state index < -0.39 is 4.92 Å². The Bertz CT molecular complexity index is 846. The van der Waals surface area contributed by atoms with Crippen LogP contribution in [0.1, 0.15) is 11.1 Å². The fourth-order valence-corrected chi connectivity index (χ4v) is 2.51. The van der Waals surface area contributed by atoms with Crippen molar-refractivity contribution in [3.63, 3.8) is 0 Å². The fourth-order valence-electron chi connectivity index (χ4n) is 2.15. The van der Waals surface area contributed by atoms with Crippen molar-refractivity contribution in [2.45, 2.75) is 6.92 Å². The van der Waals surface area contributed by atoms with Crippen molar-refractivity contribution in [1.82, 2.24) is 0 Å². The molecule has 1 N–H and O–H groups in total. The van der Waals surface area contributed by atoms with Crippen LogP contribution in [0.15, 0.2) is 45.9 Å². The van der Waals surface area contributed by atoms with Crippen molar-refractivity contribution < 1.29 is 9.72 Å². The molecule has 0 saturated carbocycles. The first kappa shape index (κ1) is 14.4. The van der Waals surface area contributed by atoms with E-state index in [1.54, 1.807) is 12.1 Å². The summed E-state index contributed by atoms with van der Waals surface area (Å²) in [6, 6.07) is 9.68. The van der Waals surface area contributed by atoms with Crippen LogP contribution in [-0.4, -0.2) is 16.5 Å². The van der Waals surface area contributed by atoms with E-state index in [9.17, 15) is 14.9 Å². The lowest BCUT2D eigenvalue weighted by molar-refractivity contribution is -0.384. The first-order chi connectivity index (χ1) is 10.5. The van der Waals surface area contributed by atoms with Gasteiger partial charge in [-0.1, -0.05) is 22.0 Å². The van der Waals surface area contributed by atoms with Crippen LogP contribution in [-0.2, 0) is 4.79 Å². The number of fused-ring (bicyclic) bond motifs is 1. The van der Waals surface area contributed by atoms with Crippen molar-refractivity contribution >= 4 is 44.6 Å². The molecule has 0 fully saturated rings. The van der Waals surface area contributed by atoms with E-state index in [0.717, 1.165) is 10.0 Å². The Morgan fingerprint density at radius 3 is 2.68 bits per heavy atom. The average molecular weight is 360 g/mol. The highest BCUT2D eigenvalue weighted by atomic mass is 79.9. The van der Waals surface area contributed by atoms with Gasteiger partial charge in [-0.2, -0.15) is 0 Å². The minimum absolute atomic E-state index is 0.0759. The van der Waals surface area contributed by atoms with Gasteiger partial charge in [0.25, 0.3) is 11.6 Å². The number of halogens is 1. The number of nitrogens with zero attached hydrogens (tertiary/aromatic N) is 2. The molecular formula is C15H10BrN3O3. The summed E-state index contributed by atoms with van der Waals surface area (Å²) in [5.74, 6) is -0.368. The standard InChI is InChI=1S/C15H10BrN3O3/c1-8-2-3-9(6-12(8)16)17-14-11-7-10(19(21)22)4-5-13(11)18-15(14)20/h2-7H,1H3,(H,17,18,20). The molecule has 2 aromatic rings. The molecule has 0 radical (unpaired) electrons. The summed E-state index contributed by atoms with van der Waals surface area (Å²) in [5.41, 5.74) is 2.72. The molecule has 0 unspecified atom stereocenters. The zero-order valence-corrected chi connectivity index (χ0v) is 13.0. The number of non-ortho nitro benzene ring substituents is 1. The summed E-state index contributed by atoms with van der Waals surface area (Å²) in [5, 5.41) is 13.5. The summed E-state index contributed by atoms with van der Waals surface area (Å²) >= 11 is 3.41. The summed E-state index contributed by atoms with van der Waals surface area (Å²) in [6.07, 6.45) is 0. The SMILES string of the molecule is Cc1ccc(N=C2C(=O)Nc3ccc([N+](=O)[O-])cc32)cc1Br. The van der Waals surface area contributed by atoms with Crippen LogP contribution in [0.3, 0.4) is 0 Å². The Kier molecular flexibility index (Phi) is 3.50. The molecule has 7 heteroatoms. The maximum absolute atomic E-state index is 12.0. The Morgan fingerprint density at radius 1 is 1.23 bits per heavy atom. The van der Waals surface area contributed by atoms with E-state index >= 15 is 0 Å². The number of hydrogen-bond acceptors (Lipinski definition) is 4. The Balaban J connectivity index is 2.10. The highest BCUT2D eigenvalue weighted by molar-refractivity contribution is 9.10. The Morgan fingerprint density at radius 2 is 2.00 bits per heavy atom. The van der Waals surface area contributed by atoms with Gasteiger partial charge in [0, 0.05) is 22.2 Å². The van der Waals surface area contributed by atoms with Gasteiger partial charge < -0.3 is 5.32 Å². The summed E-state index contributed by atoms with van der Waals surface area (Å²) < 4.78 is 0.882.